The van der Waals surface area contributed by atoms with E-state index in [1.165, 1.54) is 22.2 Å². The Labute approximate surface area is 103 Å². The molecule has 2 nitrogen and oxygen atoms in total. The van der Waals surface area contributed by atoms with E-state index in [-0.39, 0.29) is 0 Å². The van der Waals surface area contributed by atoms with Gasteiger partial charge in [-0.1, -0.05) is 11.6 Å². The number of ether oxygens (including phenoxy) is 1. The van der Waals surface area contributed by atoms with Crippen molar-refractivity contribution < 1.29 is 4.74 Å². The van der Waals surface area contributed by atoms with Crippen LogP contribution in [-0.4, -0.2) is 11.2 Å². The van der Waals surface area contributed by atoms with Gasteiger partial charge in [0, 0.05) is 29.2 Å². The maximum Gasteiger partial charge on any atom is 0.0868 e. The van der Waals surface area contributed by atoms with Gasteiger partial charge in [-0.2, -0.15) is 0 Å². The number of benzene rings is 1. The summed E-state index contributed by atoms with van der Waals surface area (Å²) in [5.74, 6) is 0. The quantitative estimate of drug-likeness (QED) is 0.773. The molecule has 1 aromatic heterocycles. The zero-order valence-corrected chi connectivity index (χ0v) is 11.2. The molecule has 0 aliphatic rings. The molecule has 0 aliphatic carbocycles. The minimum Gasteiger partial charge on any atom is -0.376 e. The van der Waals surface area contributed by atoms with Gasteiger partial charge in [0.2, 0.25) is 0 Å². The Hall–Kier alpha value is -1.28. The molecule has 0 aliphatic heterocycles. The smallest absolute Gasteiger partial charge is 0.0868 e. The molecule has 0 spiro atoms. The predicted molar refractivity (Wildman–Crippen MR) is 72.4 cm³/mol. The molecule has 0 saturated carbocycles. The summed E-state index contributed by atoms with van der Waals surface area (Å²) >= 11 is 0. The highest BCUT2D eigenvalue weighted by atomic mass is 16.5. The second kappa shape index (κ2) is 4.92. The highest BCUT2D eigenvalue weighted by Gasteiger charge is 2.11. The molecule has 1 heterocycles. The molecule has 2 rings (SSSR count). The fourth-order valence-electron chi connectivity index (χ4n) is 2.34. The van der Waals surface area contributed by atoms with Crippen LogP contribution in [0.5, 0.6) is 0 Å². The van der Waals surface area contributed by atoms with Gasteiger partial charge >= 0.3 is 0 Å². The Morgan fingerprint density at radius 1 is 1.24 bits per heavy atom. The largest absolute Gasteiger partial charge is 0.376 e. The van der Waals surface area contributed by atoms with Crippen LogP contribution >= 0.6 is 0 Å². The second-order valence-electron chi connectivity index (χ2n) is 4.80. The lowest BCUT2D eigenvalue weighted by molar-refractivity contribution is 0.128. The van der Waals surface area contributed by atoms with E-state index >= 15 is 0 Å². The summed E-state index contributed by atoms with van der Waals surface area (Å²) in [4.78, 5) is 0. The van der Waals surface area contributed by atoms with Gasteiger partial charge in [0.15, 0.2) is 0 Å². The van der Waals surface area contributed by atoms with Crippen LogP contribution in [0.1, 0.15) is 38.1 Å². The third-order valence-corrected chi connectivity index (χ3v) is 3.04. The predicted octanol–water partition coefficient (Wildman–Crippen LogP) is 4.07. The molecule has 0 atom stereocenters. The molecule has 0 amide bonds. The molecule has 2 heteroatoms. The van der Waals surface area contributed by atoms with Gasteiger partial charge in [-0.05, 0) is 45.9 Å². The van der Waals surface area contributed by atoms with Crippen LogP contribution in [0.4, 0.5) is 0 Å². The molecule has 0 saturated heterocycles. The van der Waals surface area contributed by atoms with Gasteiger partial charge in [0.1, 0.15) is 0 Å². The molecule has 0 N–H and O–H groups in total. The molecule has 0 radical (unpaired) electrons. The van der Waals surface area contributed by atoms with Crippen molar-refractivity contribution in [2.45, 2.75) is 40.3 Å². The molecular formula is C15H21NO. The average Bonchev–Trinajstić information content (AvgIpc) is 2.63. The number of aryl methyl sites for hydroxylation is 1. The summed E-state index contributed by atoms with van der Waals surface area (Å²) in [5.41, 5.74) is 3.88. The van der Waals surface area contributed by atoms with Crippen molar-refractivity contribution in [3.8, 4) is 0 Å². The highest BCUT2D eigenvalue weighted by molar-refractivity contribution is 5.82. The maximum absolute atomic E-state index is 5.55. The number of rotatable bonds is 4. The van der Waals surface area contributed by atoms with Crippen molar-refractivity contribution in [1.29, 1.82) is 0 Å². The van der Waals surface area contributed by atoms with E-state index in [1.807, 2.05) is 6.92 Å². The standard InChI is InChI=1S/C15H21NO/c1-5-17-10-14-9-13-8-12(4)6-7-15(13)16(14)11(2)3/h6-9,11H,5,10H2,1-4H3. The topological polar surface area (TPSA) is 14.2 Å². The summed E-state index contributed by atoms with van der Waals surface area (Å²) < 4.78 is 7.91. The Bertz CT molecular complexity index is 511. The van der Waals surface area contributed by atoms with Gasteiger partial charge in [0.05, 0.1) is 6.61 Å². The highest BCUT2D eigenvalue weighted by Crippen LogP contribution is 2.25. The minimum atomic E-state index is 0.464. The lowest BCUT2D eigenvalue weighted by atomic mass is 10.2. The van der Waals surface area contributed by atoms with Crippen LogP contribution in [0, 0.1) is 6.92 Å². The number of hydrogen-bond donors (Lipinski definition) is 0. The van der Waals surface area contributed by atoms with Gasteiger partial charge in [0.25, 0.3) is 0 Å². The van der Waals surface area contributed by atoms with E-state index in [2.05, 4.69) is 49.6 Å². The Balaban J connectivity index is 2.53. The first-order valence-corrected chi connectivity index (χ1v) is 6.31. The Morgan fingerprint density at radius 3 is 2.65 bits per heavy atom. The van der Waals surface area contributed by atoms with Crippen molar-refractivity contribution >= 4 is 10.9 Å². The first kappa shape index (κ1) is 12.2. The summed E-state index contributed by atoms with van der Waals surface area (Å²) in [6.07, 6.45) is 0. The molecular weight excluding hydrogens is 210 g/mol. The first-order chi connectivity index (χ1) is 8.13. The molecule has 0 fully saturated rings. The van der Waals surface area contributed by atoms with Crippen molar-refractivity contribution in [3.05, 3.63) is 35.5 Å². The van der Waals surface area contributed by atoms with E-state index in [9.17, 15) is 0 Å². The van der Waals surface area contributed by atoms with Crippen molar-refractivity contribution in [1.82, 2.24) is 4.57 Å². The van der Waals surface area contributed by atoms with Crippen molar-refractivity contribution in [2.75, 3.05) is 6.61 Å². The molecule has 1 aromatic carbocycles. The van der Waals surface area contributed by atoms with Crippen molar-refractivity contribution in [2.24, 2.45) is 0 Å². The second-order valence-corrected chi connectivity index (χ2v) is 4.80. The third-order valence-electron chi connectivity index (χ3n) is 3.04. The fourth-order valence-corrected chi connectivity index (χ4v) is 2.34. The molecule has 0 unspecified atom stereocenters. The van der Waals surface area contributed by atoms with Crippen LogP contribution < -0.4 is 0 Å². The number of aromatic nitrogens is 1. The van der Waals surface area contributed by atoms with Crippen LogP contribution in [0.25, 0.3) is 10.9 Å². The average molecular weight is 231 g/mol. The normalized spacial score (nSPS) is 11.6. The van der Waals surface area contributed by atoms with E-state index in [0.29, 0.717) is 12.6 Å². The van der Waals surface area contributed by atoms with Gasteiger partial charge in [-0.3, -0.25) is 0 Å². The van der Waals surface area contributed by atoms with Gasteiger partial charge in [-0.25, -0.2) is 0 Å². The van der Waals surface area contributed by atoms with Crippen molar-refractivity contribution in [3.63, 3.8) is 0 Å². The van der Waals surface area contributed by atoms with E-state index in [1.54, 1.807) is 0 Å². The fraction of sp³-hybridized carbons (Fsp3) is 0.467. The zero-order chi connectivity index (χ0) is 12.4. The molecule has 2 aromatic rings. The van der Waals surface area contributed by atoms with Crippen LogP contribution in [0.15, 0.2) is 24.3 Å². The van der Waals surface area contributed by atoms with Crippen LogP contribution in [0.3, 0.4) is 0 Å². The van der Waals surface area contributed by atoms with E-state index < -0.39 is 0 Å². The monoisotopic (exact) mass is 231 g/mol. The maximum atomic E-state index is 5.55. The lowest BCUT2D eigenvalue weighted by Crippen LogP contribution is -2.06. The van der Waals surface area contributed by atoms with E-state index in [0.717, 1.165) is 6.61 Å². The molecule has 17 heavy (non-hydrogen) atoms. The summed E-state index contributed by atoms with van der Waals surface area (Å²) in [6.45, 7) is 10.1. The van der Waals surface area contributed by atoms with Crippen LogP contribution in [-0.2, 0) is 11.3 Å². The van der Waals surface area contributed by atoms with E-state index in [4.69, 9.17) is 4.74 Å². The molecule has 0 bridgehead atoms. The third kappa shape index (κ3) is 2.37. The Morgan fingerprint density at radius 2 is 2.00 bits per heavy atom. The van der Waals surface area contributed by atoms with Gasteiger partial charge < -0.3 is 9.30 Å². The lowest BCUT2D eigenvalue weighted by Gasteiger charge is -2.14. The Kier molecular flexibility index (Phi) is 3.53. The summed E-state index contributed by atoms with van der Waals surface area (Å²) in [6, 6.07) is 9.33. The number of nitrogens with zero attached hydrogens (tertiary/aromatic N) is 1. The number of hydrogen-bond acceptors (Lipinski definition) is 1. The SMILES string of the molecule is CCOCc1cc2cc(C)ccc2n1C(C)C. The number of fused-ring (bicyclic) bond motifs is 1. The summed E-state index contributed by atoms with van der Waals surface area (Å²) in [7, 11) is 0. The zero-order valence-electron chi connectivity index (χ0n) is 11.2. The summed E-state index contributed by atoms with van der Waals surface area (Å²) in [5, 5.41) is 1.31. The van der Waals surface area contributed by atoms with Gasteiger partial charge in [-0.15, -0.1) is 0 Å². The molecule has 92 valence electrons. The minimum absolute atomic E-state index is 0.464. The first-order valence-electron chi connectivity index (χ1n) is 6.31. The van der Waals surface area contributed by atoms with Crippen LogP contribution in [0.2, 0.25) is 0 Å².